The Morgan fingerprint density at radius 3 is 2.43 bits per heavy atom. The summed E-state index contributed by atoms with van der Waals surface area (Å²) in [5, 5.41) is 0. The third kappa shape index (κ3) is 6.34. The number of nitrogens with one attached hydrogen (secondary N) is 1. The van der Waals surface area contributed by atoms with Crippen LogP contribution >= 0.6 is 28.3 Å². The van der Waals surface area contributed by atoms with E-state index < -0.39 is 10.0 Å². The van der Waals surface area contributed by atoms with Gasteiger partial charge in [-0.3, -0.25) is 4.90 Å². The lowest BCUT2D eigenvalue weighted by molar-refractivity contribution is 0.248. The van der Waals surface area contributed by atoms with E-state index in [1.807, 2.05) is 0 Å². The van der Waals surface area contributed by atoms with Crippen LogP contribution in [0.3, 0.4) is 0 Å². The minimum absolute atomic E-state index is 0. The maximum absolute atomic E-state index is 12.3. The number of methoxy groups -OCH3 is 2. The van der Waals surface area contributed by atoms with E-state index >= 15 is 0 Å². The molecule has 1 aliphatic rings. The van der Waals surface area contributed by atoms with Gasteiger partial charge in [0.25, 0.3) is 0 Å². The monoisotopic (exact) mass is 518 g/mol. The van der Waals surface area contributed by atoms with E-state index in [2.05, 4.69) is 37.7 Å². The van der Waals surface area contributed by atoms with E-state index in [1.54, 1.807) is 38.5 Å². The van der Waals surface area contributed by atoms with Crippen molar-refractivity contribution < 1.29 is 17.9 Å². The van der Waals surface area contributed by atoms with Gasteiger partial charge in [-0.1, -0.05) is 22.0 Å². The average Bonchev–Trinajstić information content (AvgIpc) is 2.72. The van der Waals surface area contributed by atoms with E-state index in [-0.39, 0.29) is 17.3 Å². The first-order chi connectivity index (χ1) is 13.9. The molecule has 1 heterocycles. The fraction of sp³-hybridized carbons (Fsp3) is 0.429. The predicted octanol–water partition coefficient (Wildman–Crippen LogP) is 4.00. The number of hydrogen-bond donors (Lipinski definition) is 1. The number of hydrogen-bond acceptors (Lipinski definition) is 5. The van der Waals surface area contributed by atoms with Crippen LogP contribution in [0, 0.1) is 0 Å². The summed E-state index contributed by atoms with van der Waals surface area (Å²) in [5.41, 5.74) is 2.57. The van der Waals surface area contributed by atoms with Crippen LogP contribution in [0.5, 0.6) is 11.5 Å². The summed E-state index contributed by atoms with van der Waals surface area (Å²) in [6.45, 7) is 3.24. The molecule has 6 nitrogen and oxygen atoms in total. The Kier molecular flexibility index (Phi) is 9.43. The van der Waals surface area contributed by atoms with Gasteiger partial charge in [-0.2, -0.15) is 0 Å². The van der Waals surface area contributed by atoms with Gasteiger partial charge in [0, 0.05) is 24.1 Å². The number of ether oxygens (including phenoxy) is 2. The minimum Gasteiger partial charge on any atom is -0.493 e. The molecule has 1 aliphatic heterocycles. The van der Waals surface area contributed by atoms with Crippen molar-refractivity contribution in [3.63, 3.8) is 0 Å². The van der Waals surface area contributed by atoms with Crippen molar-refractivity contribution in [1.29, 1.82) is 0 Å². The Bertz CT molecular complexity index is 956. The highest BCUT2D eigenvalue weighted by Gasteiger charge is 2.19. The first-order valence-electron chi connectivity index (χ1n) is 9.64. The number of halogens is 2. The molecule has 9 heteroatoms. The first kappa shape index (κ1) is 24.9. The number of nitrogens with zero attached hydrogens (tertiary/aromatic N) is 1. The molecule has 2 aromatic carbocycles. The molecule has 0 amide bonds. The van der Waals surface area contributed by atoms with E-state index in [0.29, 0.717) is 6.54 Å². The van der Waals surface area contributed by atoms with Crippen molar-refractivity contribution in [3.8, 4) is 11.5 Å². The average molecular weight is 520 g/mol. The second-order valence-corrected chi connectivity index (χ2v) is 9.75. The Balaban J connectivity index is 0.00000320. The summed E-state index contributed by atoms with van der Waals surface area (Å²) in [7, 11) is -0.152. The highest BCUT2D eigenvalue weighted by atomic mass is 79.9. The van der Waals surface area contributed by atoms with Gasteiger partial charge in [-0.15, -0.1) is 12.4 Å². The third-order valence-corrected chi connectivity index (χ3v) is 7.05. The zero-order chi connectivity index (χ0) is 20.9. The molecule has 1 N–H and O–H groups in total. The van der Waals surface area contributed by atoms with Crippen LogP contribution in [0.1, 0.15) is 24.0 Å². The molecule has 0 spiro atoms. The molecule has 0 bridgehead atoms. The quantitative estimate of drug-likeness (QED) is 0.507. The van der Waals surface area contributed by atoms with Crippen molar-refractivity contribution in [2.45, 2.75) is 30.7 Å². The van der Waals surface area contributed by atoms with Crippen molar-refractivity contribution in [1.82, 2.24) is 9.62 Å². The van der Waals surface area contributed by atoms with Gasteiger partial charge in [-0.25, -0.2) is 13.1 Å². The molecular weight excluding hydrogens is 492 g/mol. The Labute approximate surface area is 193 Å². The molecule has 166 valence electrons. The lowest BCUT2D eigenvalue weighted by atomic mass is 9.98. The first-order valence-corrected chi connectivity index (χ1v) is 11.9. The van der Waals surface area contributed by atoms with Crippen LogP contribution in [-0.2, 0) is 23.0 Å². The fourth-order valence-corrected chi connectivity index (χ4v) is 5.19. The summed E-state index contributed by atoms with van der Waals surface area (Å²) in [5.74, 6) is 1.53. The Morgan fingerprint density at radius 2 is 1.77 bits per heavy atom. The van der Waals surface area contributed by atoms with Crippen LogP contribution in [0.15, 0.2) is 45.8 Å². The Morgan fingerprint density at radius 1 is 1.07 bits per heavy atom. The van der Waals surface area contributed by atoms with Crippen LogP contribution in [0.4, 0.5) is 0 Å². The maximum atomic E-state index is 12.3. The topological polar surface area (TPSA) is 67.9 Å². The van der Waals surface area contributed by atoms with Crippen LogP contribution in [0.25, 0.3) is 0 Å². The number of sulfonamides is 1. The van der Waals surface area contributed by atoms with Gasteiger partial charge in [0.15, 0.2) is 11.5 Å². The Hall–Kier alpha value is -1.32. The second kappa shape index (κ2) is 11.3. The lowest BCUT2D eigenvalue weighted by Gasteiger charge is -2.29. The molecule has 0 saturated heterocycles. The maximum Gasteiger partial charge on any atom is 0.240 e. The summed E-state index contributed by atoms with van der Waals surface area (Å²) >= 11 is 3.31. The van der Waals surface area contributed by atoms with Gasteiger partial charge < -0.3 is 9.47 Å². The number of rotatable bonds is 9. The number of unbranched alkanes of at least 4 members (excludes halogenated alkanes) is 1. The fourth-order valence-electron chi connectivity index (χ4n) is 3.52. The summed E-state index contributed by atoms with van der Waals surface area (Å²) < 4.78 is 38.9. The molecule has 0 aliphatic carbocycles. The second-order valence-electron chi connectivity index (χ2n) is 7.06. The van der Waals surface area contributed by atoms with Crippen molar-refractivity contribution in [2.75, 3.05) is 33.9 Å². The van der Waals surface area contributed by atoms with Crippen molar-refractivity contribution >= 4 is 38.4 Å². The molecular formula is C21H28BrClN2O4S. The van der Waals surface area contributed by atoms with Gasteiger partial charge in [-0.05, 0) is 67.3 Å². The molecule has 0 radical (unpaired) electrons. The van der Waals surface area contributed by atoms with E-state index in [4.69, 9.17) is 9.47 Å². The van der Waals surface area contributed by atoms with Crippen LogP contribution in [-0.4, -0.2) is 47.2 Å². The minimum atomic E-state index is -3.46. The number of fused-ring (bicyclic) bond motifs is 1. The molecule has 0 fully saturated rings. The third-order valence-electron chi connectivity index (χ3n) is 5.10. The number of benzene rings is 2. The molecule has 0 unspecified atom stereocenters. The highest BCUT2D eigenvalue weighted by molar-refractivity contribution is 9.10. The predicted molar refractivity (Wildman–Crippen MR) is 124 cm³/mol. The van der Waals surface area contributed by atoms with Crippen LogP contribution in [0.2, 0.25) is 0 Å². The van der Waals surface area contributed by atoms with E-state index in [0.717, 1.165) is 54.9 Å². The van der Waals surface area contributed by atoms with Crippen molar-refractivity contribution in [3.05, 3.63) is 52.0 Å². The molecule has 3 rings (SSSR count). The molecule has 0 aromatic heterocycles. The lowest BCUT2D eigenvalue weighted by Crippen LogP contribution is -2.32. The summed E-state index contributed by atoms with van der Waals surface area (Å²) in [6, 6.07) is 10.9. The largest absolute Gasteiger partial charge is 0.493 e. The van der Waals surface area contributed by atoms with Gasteiger partial charge >= 0.3 is 0 Å². The van der Waals surface area contributed by atoms with Gasteiger partial charge in [0.2, 0.25) is 10.0 Å². The van der Waals surface area contributed by atoms with Crippen LogP contribution < -0.4 is 14.2 Å². The smallest absolute Gasteiger partial charge is 0.240 e. The SMILES string of the molecule is COc1cc2c(cc1OC)CN(CCCCNS(=O)(=O)c1cccc(Br)c1)CC2.Cl. The molecule has 0 atom stereocenters. The highest BCUT2D eigenvalue weighted by Crippen LogP contribution is 2.33. The molecule has 2 aromatic rings. The summed E-state index contributed by atoms with van der Waals surface area (Å²) in [6.07, 6.45) is 2.71. The van der Waals surface area contributed by atoms with Crippen molar-refractivity contribution in [2.24, 2.45) is 0 Å². The van der Waals surface area contributed by atoms with Gasteiger partial charge in [0.05, 0.1) is 19.1 Å². The molecule has 30 heavy (non-hydrogen) atoms. The zero-order valence-corrected chi connectivity index (χ0v) is 20.4. The van der Waals surface area contributed by atoms with Gasteiger partial charge in [0.1, 0.15) is 0 Å². The normalized spacial score (nSPS) is 14.0. The molecule has 0 saturated carbocycles. The standard InChI is InChI=1S/C21H27BrN2O4S.ClH/c1-27-20-12-16-8-11-24(15-17(16)13-21(20)28-2)10-4-3-9-23-29(25,26)19-7-5-6-18(22)14-19;/h5-7,12-14,23H,3-4,8-11,15H2,1-2H3;1H. The van der Waals surface area contributed by atoms with E-state index in [1.165, 1.54) is 11.1 Å². The summed E-state index contributed by atoms with van der Waals surface area (Å²) in [4.78, 5) is 2.68. The zero-order valence-electron chi connectivity index (χ0n) is 17.2. The van der Waals surface area contributed by atoms with E-state index in [9.17, 15) is 8.42 Å².